The number of carbonyl (C=O) groups is 3. The molecule has 13 nitrogen and oxygen atoms in total. The third-order valence-electron chi connectivity index (χ3n) is 2.99. The average Bonchev–Trinajstić information content (AvgIpc) is 3.00. The molecule has 0 spiro atoms. The van der Waals surface area contributed by atoms with Crippen LogP contribution < -0.4 is 16.4 Å². The standard InChI is InChI=1S/C12H19N5O8/c1-4(19)8(11(22)23)15-12(24)14-6(2-7(20)21)10-17-16-9(25-10)5(13)3-18/h4-6,8,18-19H,2-3,13H2,1H3,(H,20,21)(H,22,23)(H2,14,15,24)/t4?,5-,6-,8?/m0/s1. The Balaban J connectivity index is 2.89. The summed E-state index contributed by atoms with van der Waals surface area (Å²) >= 11 is 0. The molecule has 140 valence electrons. The Morgan fingerprint density at radius 2 is 1.80 bits per heavy atom. The van der Waals surface area contributed by atoms with Gasteiger partial charge in [-0.1, -0.05) is 0 Å². The third-order valence-corrected chi connectivity index (χ3v) is 2.99. The van der Waals surface area contributed by atoms with E-state index >= 15 is 0 Å². The quantitative estimate of drug-likeness (QED) is 0.248. The van der Waals surface area contributed by atoms with Gasteiger partial charge in [-0.15, -0.1) is 10.2 Å². The van der Waals surface area contributed by atoms with Crippen molar-refractivity contribution in [1.82, 2.24) is 20.8 Å². The van der Waals surface area contributed by atoms with Crippen molar-refractivity contribution < 1.29 is 39.2 Å². The van der Waals surface area contributed by atoms with E-state index in [-0.39, 0.29) is 11.8 Å². The maximum atomic E-state index is 11.9. The number of aliphatic hydroxyl groups excluding tert-OH is 2. The molecular weight excluding hydrogens is 342 g/mol. The monoisotopic (exact) mass is 361 g/mol. The Morgan fingerprint density at radius 3 is 2.28 bits per heavy atom. The molecule has 0 fully saturated rings. The fourth-order valence-corrected chi connectivity index (χ4v) is 1.72. The number of rotatable bonds is 9. The van der Waals surface area contributed by atoms with Crippen molar-refractivity contribution in [1.29, 1.82) is 0 Å². The number of aromatic nitrogens is 2. The second-order valence-electron chi connectivity index (χ2n) is 5.09. The number of carboxylic acid groups (broad SMARTS) is 2. The van der Waals surface area contributed by atoms with Crippen molar-refractivity contribution >= 4 is 18.0 Å². The van der Waals surface area contributed by atoms with Crippen molar-refractivity contribution in [3.63, 3.8) is 0 Å². The van der Waals surface area contributed by atoms with Crippen LogP contribution in [0.5, 0.6) is 0 Å². The van der Waals surface area contributed by atoms with E-state index in [1.807, 2.05) is 5.32 Å². The lowest BCUT2D eigenvalue weighted by Crippen LogP contribution is -2.51. The number of aliphatic carboxylic acids is 2. The lowest BCUT2D eigenvalue weighted by Gasteiger charge is -2.19. The minimum absolute atomic E-state index is 0.164. The summed E-state index contributed by atoms with van der Waals surface area (Å²) < 4.78 is 5.12. The van der Waals surface area contributed by atoms with Crippen molar-refractivity contribution in [2.45, 2.75) is 37.6 Å². The smallest absolute Gasteiger partial charge is 0.328 e. The largest absolute Gasteiger partial charge is 0.481 e. The topological polar surface area (TPSA) is 221 Å². The van der Waals surface area contributed by atoms with Crippen molar-refractivity contribution in [2.24, 2.45) is 5.73 Å². The first-order chi connectivity index (χ1) is 11.6. The zero-order valence-electron chi connectivity index (χ0n) is 13.1. The number of carbonyl (C=O) groups excluding carboxylic acids is 1. The number of nitrogens with two attached hydrogens (primary N) is 1. The Labute approximate surface area is 140 Å². The van der Waals surface area contributed by atoms with Crippen LogP contribution in [0.25, 0.3) is 0 Å². The van der Waals surface area contributed by atoms with Crippen molar-refractivity contribution in [3.05, 3.63) is 11.8 Å². The SMILES string of the molecule is CC(O)C(NC(=O)N[C@@H](CC(=O)O)c1nnc([C@@H](N)CO)o1)C(=O)O. The molecule has 1 rings (SSSR count). The molecule has 0 aliphatic rings. The molecule has 1 aromatic rings. The van der Waals surface area contributed by atoms with Crippen LogP contribution in [0.15, 0.2) is 4.42 Å². The molecule has 0 radical (unpaired) electrons. The number of nitrogens with one attached hydrogen (secondary N) is 2. The number of hydrogen-bond donors (Lipinski definition) is 7. The number of urea groups is 1. The molecule has 2 unspecified atom stereocenters. The van der Waals surface area contributed by atoms with Gasteiger partial charge in [-0.25, -0.2) is 9.59 Å². The van der Waals surface area contributed by atoms with E-state index in [1.165, 1.54) is 0 Å². The van der Waals surface area contributed by atoms with Crippen molar-refractivity contribution in [3.8, 4) is 0 Å². The summed E-state index contributed by atoms with van der Waals surface area (Å²) in [5, 5.41) is 47.3. The highest BCUT2D eigenvalue weighted by Gasteiger charge is 2.29. The average molecular weight is 361 g/mol. The first-order valence-electron chi connectivity index (χ1n) is 7.05. The van der Waals surface area contributed by atoms with Crippen LogP contribution in [0.2, 0.25) is 0 Å². The highest BCUT2D eigenvalue weighted by atomic mass is 16.4. The van der Waals surface area contributed by atoms with E-state index < -0.39 is 55.2 Å². The Hall–Kier alpha value is -2.77. The minimum Gasteiger partial charge on any atom is -0.481 e. The first-order valence-corrected chi connectivity index (χ1v) is 7.05. The van der Waals surface area contributed by atoms with E-state index in [2.05, 4.69) is 15.5 Å². The summed E-state index contributed by atoms with van der Waals surface area (Å²) in [5.41, 5.74) is 5.49. The van der Waals surface area contributed by atoms with Gasteiger partial charge in [-0.2, -0.15) is 0 Å². The fourth-order valence-electron chi connectivity index (χ4n) is 1.72. The zero-order chi connectivity index (χ0) is 19.1. The Bertz CT molecular complexity index is 618. The van der Waals surface area contributed by atoms with Gasteiger partial charge in [-0.3, -0.25) is 4.79 Å². The normalized spacial score (nSPS) is 15.7. The lowest BCUT2D eigenvalue weighted by molar-refractivity contribution is -0.142. The van der Waals surface area contributed by atoms with Gasteiger partial charge < -0.3 is 41.2 Å². The van der Waals surface area contributed by atoms with Crippen LogP contribution in [0.1, 0.15) is 37.2 Å². The molecule has 13 heteroatoms. The summed E-state index contributed by atoms with van der Waals surface area (Å²) in [5.74, 6) is -3.24. The number of hydrogen-bond acceptors (Lipinski definition) is 9. The molecule has 8 N–H and O–H groups in total. The summed E-state index contributed by atoms with van der Waals surface area (Å²) in [6.45, 7) is 0.669. The molecule has 0 aromatic carbocycles. The summed E-state index contributed by atoms with van der Waals surface area (Å²) in [7, 11) is 0. The molecule has 4 atom stereocenters. The molecule has 1 aromatic heterocycles. The summed E-state index contributed by atoms with van der Waals surface area (Å²) in [4.78, 5) is 33.8. The maximum Gasteiger partial charge on any atom is 0.328 e. The van der Waals surface area contributed by atoms with Gasteiger partial charge in [0.15, 0.2) is 6.04 Å². The number of amides is 2. The molecule has 0 bridgehead atoms. The van der Waals surface area contributed by atoms with Gasteiger partial charge in [-0.05, 0) is 6.92 Å². The molecule has 0 aliphatic heterocycles. The van der Waals surface area contributed by atoms with Crippen LogP contribution >= 0.6 is 0 Å². The van der Waals surface area contributed by atoms with Crippen LogP contribution in [-0.2, 0) is 9.59 Å². The molecule has 1 heterocycles. The van der Waals surface area contributed by atoms with Gasteiger partial charge in [0, 0.05) is 0 Å². The van der Waals surface area contributed by atoms with E-state index in [4.69, 9.17) is 25.5 Å². The second-order valence-corrected chi connectivity index (χ2v) is 5.09. The maximum absolute atomic E-state index is 11.9. The van der Waals surface area contributed by atoms with Gasteiger partial charge in [0.1, 0.15) is 12.1 Å². The zero-order valence-corrected chi connectivity index (χ0v) is 13.1. The molecule has 25 heavy (non-hydrogen) atoms. The van der Waals surface area contributed by atoms with Crippen LogP contribution in [0, 0.1) is 0 Å². The predicted molar refractivity (Wildman–Crippen MR) is 78.1 cm³/mol. The van der Waals surface area contributed by atoms with Crippen LogP contribution in [-0.4, -0.2) is 67.3 Å². The number of carboxylic acids is 2. The minimum atomic E-state index is -1.61. The first kappa shape index (κ1) is 20.3. The fraction of sp³-hybridized carbons (Fsp3) is 0.583. The Kier molecular flexibility index (Phi) is 7.22. The van der Waals surface area contributed by atoms with E-state index in [1.54, 1.807) is 0 Å². The summed E-state index contributed by atoms with van der Waals surface area (Å²) in [6, 6.07) is -4.93. The number of aliphatic hydroxyl groups is 2. The molecule has 2 amide bonds. The summed E-state index contributed by atoms with van der Waals surface area (Å²) in [6.07, 6.45) is -2.03. The van der Waals surface area contributed by atoms with Gasteiger partial charge in [0.25, 0.3) is 0 Å². The Morgan fingerprint density at radius 1 is 1.20 bits per heavy atom. The van der Waals surface area contributed by atoms with Gasteiger partial charge >= 0.3 is 18.0 Å². The van der Waals surface area contributed by atoms with E-state index in [9.17, 15) is 19.5 Å². The van der Waals surface area contributed by atoms with Crippen LogP contribution in [0.3, 0.4) is 0 Å². The lowest BCUT2D eigenvalue weighted by atomic mass is 10.2. The van der Waals surface area contributed by atoms with E-state index in [0.717, 1.165) is 6.92 Å². The van der Waals surface area contributed by atoms with Crippen molar-refractivity contribution in [2.75, 3.05) is 6.61 Å². The van der Waals surface area contributed by atoms with Gasteiger partial charge in [0.2, 0.25) is 11.8 Å². The molecule has 0 aliphatic carbocycles. The number of nitrogens with zero attached hydrogens (tertiary/aromatic N) is 2. The third kappa shape index (κ3) is 5.98. The molecular formula is C12H19N5O8. The van der Waals surface area contributed by atoms with E-state index in [0.29, 0.717) is 0 Å². The molecule has 0 saturated heterocycles. The molecule has 0 saturated carbocycles. The highest BCUT2D eigenvalue weighted by Crippen LogP contribution is 2.18. The predicted octanol–water partition coefficient (Wildman–Crippen LogP) is -2.29. The second kappa shape index (κ2) is 8.91. The van der Waals surface area contributed by atoms with Crippen LogP contribution in [0.4, 0.5) is 4.79 Å². The van der Waals surface area contributed by atoms with Gasteiger partial charge in [0.05, 0.1) is 19.1 Å². The highest BCUT2D eigenvalue weighted by molar-refractivity contribution is 5.83.